The van der Waals surface area contributed by atoms with Crippen LogP contribution in [0.3, 0.4) is 0 Å². The van der Waals surface area contributed by atoms with Gasteiger partial charge in [-0.1, -0.05) is 31.5 Å². The number of rotatable bonds is 7. The van der Waals surface area contributed by atoms with Crippen molar-refractivity contribution in [2.45, 2.75) is 39.8 Å². The van der Waals surface area contributed by atoms with E-state index in [1.165, 1.54) is 5.56 Å². The molecule has 1 unspecified atom stereocenters. The summed E-state index contributed by atoms with van der Waals surface area (Å²) in [6, 6.07) is 6.30. The summed E-state index contributed by atoms with van der Waals surface area (Å²) in [7, 11) is 1.69. The molecule has 102 valence electrons. The van der Waals surface area contributed by atoms with Gasteiger partial charge in [-0.15, -0.1) is 0 Å². The molecule has 2 N–H and O–H groups in total. The van der Waals surface area contributed by atoms with Crippen LogP contribution in [-0.4, -0.2) is 24.9 Å². The van der Waals surface area contributed by atoms with Gasteiger partial charge < -0.3 is 15.2 Å². The van der Waals surface area contributed by atoms with Crippen LogP contribution in [0.5, 0.6) is 5.75 Å². The molecule has 0 aliphatic heterocycles. The van der Waals surface area contributed by atoms with Crippen LogP contribution in [0, 0.1) is 12.8 Å². The van der Waals surface area contributed by atoms with Crippen molar-refractivity contribution in [3.8, 4) is 5.75 Å². The van der Waals surface area contributed by atoms with Gasteiger partial charge in [-0.2, -0.15) is 0 Å². The summed E-state index contributed by atoms with van der Waals surface area (Å²) in [5, 5.41) is 12.7. The topological polar surface area (TPSA) is 41.5 Å². The molecule has 0 radical (unpaired) electrons. The SMILES string of the molecule is COc1ccc(C)cc1CNC(CO)CC(C)C. The van der Waals surface area contributed by atoms with Crippen LogP contribution >= 0.6 is 0 Å². The first-order valence-electron chi connectivity index (χ1n) is 6.54. The summed E-state index contributed by atoms with van der Waals surface area (Å²) in [6.07, 6.45) is 0.977. The van der Waals surface area contributed by atoms with E-state index in [1.807, 2.05) is 12.1 Å². The number of ether oxygens (including phenoxy) is 1. The second kappa shape index (κ2) is 7.39. The Morgan fingerprint density at radius 2 is 2.06 bits per heavy atom. The van der Waals surface area contributed by atoms with Gasteiger partial charge in [0.2, 0.25) is 0 Å². The number of benzene rings is 1. The number of methoxy groups -OCH3 is 1. The zero-order valence-corrected chi connectivity index (χ0v) is 11.9. The zero-order valence-electron chi connectivity index (χ0n) is 11.9. The highest BCUT2D eigenvalue weighted by Crippen LogP contribution is 2.19. The summed E-state index contributed by atoms with van der Waals surface area (Å²) in [5.41, 5.74) is 2.36. The van der Waals surface area contributed by atoms with Gasteiger partial charge in [0.1, 0.15) is 5.75 Å². The fourth-order valence-electron chi connectivity index (χ4n) is 2.09. The van der Waals surface area contributed by atoms with Crippen LogP contribution in [0.1, 0.15) is 31.4 Å². The van der Waals surface area contributed by atoms with Crippen molar-refractivity contribution in [3.63, 3.8) is 0 Å². The highest BCUT2D eigenvalue weighted by Gasteiger charge is 2.10. The second-order valence-corrected chi connectivity index (χ2v) is 5.21. The van der Waals surface area contributed by atoms with E-state index in [0.29, 0.717) is 5.92 Å². The maximum Gasteiger partial charge on any atom is 0.123 e. The van der Waals surface area contributed by atoms with Crippen LogP contribution in [0.4, 0.5) is 0 Å². The molecule has 3 heteroatoms. The molecular weight excluding hydrogens is 226 g/mol. The summed E-state index contributed by atoms with van der Waals surface area (Å²) >= 11 is 0. The molecule has 0 spiro atoms. The molecule has 0 aromatic heterocycles. The average molecular weight is 251 g/mol. The summed E-state index contributed by atoms with van der Waals surface area (Å²) < 4.78 is 5.34. The van der Waals surface area contributed by atoms with E-state index >= 15 is 0 Å². The normalized spacial score (nSPS) is 12.8. The highest BCUT2D eigenvalue weighted by atomic mass is 16.5. The van der Waals surface area contributed by atoms with Gasteiger partial charge in [0.15, 0.2) is 0 Å². The monoisotopic (exact) mass is 251 g/mol. The molecule has 0 amide bonds. The van der Waals surface area contributed by atoms with Crippen molar-refractivity contribution in [1.29, 1.82) is 0 Å². The molecule has 1 aromatic carbocycles. The smallest absolute Gasteiger partial charge is 0.123 e. The summed E-state index contributed by atoms with van der Waals surface area (Å²) in [4.78, 5) is 0. The fraction of sp³-hybridized carbons (Fsp3) is 0.600. The first-order valence-corrected chi connectivity index (χ1v) is 6.54. The first kappa shape index (κ1) is 15.0. The molecule has 18 heavy (non-hydrogen) atoms. The molecular formula is C15H25NO2. The molecule has 0 aliphatic rings. The maximum absolute atomic E-state index is 9.34. The lowest BCUT2D eigenvalue weighted by molar-refractivity contribution is 0.223. The summed E-state index contributed by atoms with van der Waals surface area (Å²) in [5.74, 6) is 1.48. The van der Waals surface area contributed by atoms with Gasteiger partial charge in [0, 0.05) is 18.2 Å². The highest BCUT2D eigenvalue weighted by molar-refractivity contribution is 5.36. The maximum atomic E-state index is 9.34. The largest absolute Gasteiger partial charge is 0.496 e. The minimum atomic E-state index is 0.148. The number of hydrogen-bond acceptors (Lipinski definition) is 3. The molecule has 0 saturated heterocycles. The lowest BCUT2D eigenvalue weighted by atomic mass is 10.0. The predicted molar refractivity (Wildman–Crippen MR) is 74.9 cm³/mol. The van der Waals surface area contributed by atoms with Crippen LogP contribution in [0.15, 0.2) is 18.2 Å². The lowest BCUT2D eigenvalue weighted by Gasteiger charge is -2.19. The fourth-order valence-corrected chi connectivity index (χ4v) is 2.09. The van der Waals surface area contributed by atoms with E-state index in [-0.39, 0.29) is 12.6 Å². The van der Waals surface area contributed by atoms with Gasteiger partial charge >= 0.3 is 0 Å². The molecule has 0 aliphatic carbocycles. The van der Waals surface area contributed by atoms with E-state index < -0.39 is 0 Å². The standard InChI is InChI=1S/C15H25NO2/c1-11(2)7-14(10-17)16-9-13-8-12(3)5-6-15(13)18-4/h5-6,8,11,14,16-17H,7,9-10H2,1-4H3. The van der Waals surface area contributed by atoms with Crippen molar-refractivity contribution in [2.24, 2.45) is 5.92 Å². The third-order valence-corrected chi connectivity index (χ3v) is 2.99. The molecule has 0 saturated carbocycles. The van der Waals surface area contributed by atoms with Gasteiger partial charge in [-0.3, -0.25) is 0 Å². The minimum absolute atomic E-state index is 0.148. The van der Waals surface area contributed by atoms with Gasteiger partial charge in [0.05, 0.1) is 13.7 Å². The van der Waals surface area contributed by atoms with E-state index in [0.717, 1.165) is 24.3 Å². The Morgan fingerprint density at radius 1 is 1.33 bits per heavy atom. The number of hydrogen-bond donors (Lipinski definition) is 2. The number of aliphatic hydroxyl groups is 1. The van der Waals surface area contributed by atoms with E-state index in [4.69, 9.17) is 4.74 Å². The van der Waals surface area contributed by atoms with Gasteiger partial charge in [0.25, 0.3) is 0 Å². The lowest BCUT2D eigenvalue weighted by Crippen LogP contribution is -2.33. The quantitative estimate of drug-likeness (QED) is 0.782. The third-order valence-electron chi connectivity index (χ3n) is 2.99. The molecule has 1 rings (SSSR count). The predicted octanol–water partition coefficient (Wildman–Crippen LogP) is 2.50. The first-order chi connectivity index (χ1) is 8.56. The van der Waals surface area contributed by atoms with E-state index in [9.17, 15) is 5.11 Å². The Hall–Kier alpha value is -1.06. The Kier molecular flexibility index (Phi) is 6.16. The average Bonchev–Trinajstić information content (AvgIpc) is 2.34. The second-order valence-electron chi connectivity index (χ2n) is 5.21. The van der Waals surface area contributed by atoms with Crippen LogP contribution < -0.4 is 10.1 Å². The molecule has 1 aromatic rings. The van der Waals surface area contributed by atoms with Crippen LogP contribution in [-0.2, 0) is 6.54 Å². The minimum Gasteiger partial charge on any atom is -0.496 e. The Balaban J connectivity index is 2.63. The third kappa shape index (κ3) is 4.67. The number of aryl methyl sites for hydroxylation is 1. The van der Waals surface area contributed by atoms with Crippen molar-refractivity contribution in [3.05, 3.63) is 29.3 Å². The number of nitrogens with one attached hydrogen (secondary N) is 1. The molecule has 0 heterocycles. The van der Waals surface area contributed by atoms with Crippen molar-refractivity contribution >= 4 is 0 Å². The summed E-state index contributed by atoms with van der Waals surface area (Å²) in [6.45, 7) is 7.30. The molecule has 3 nitrogen and oxygen atoms in total. The van der Waals surface area contributed by atoms with Gasteiger partial charge in [-0.05, 0) is 25.3 Å². The molecule has 1 atom stereocenters. The van der Waals surface area contributed by atoms with Crippen molar-refractivity contribution < 1.29 is 9.84 Å². The van der Waals surface area contributed by atoms with Crippen LogP contribution in [0.2, 0.25) is 0 Å². The number of aliphatic hydroxyl groups excluding tert-OH is 1. The molecule has 0 bridgehead atoms. The van der Waals surface area contributed by atoms with Crippen molar-refractivity contribution in [2.75, 3.05) is 13.7 Å². The zero-order chi connectivity index (χ0) is 13.5. The Labute approximate surface area is 110 Å². The van der Waals surface area contributed by atoms with E-state index in [1.54, 1.807) is 7.11 Å². The van der Waals surface area contributed by atoms with Crippen molar-refractivity contribution in [1.82, 2.24) is 5.32 Å². The van der Waals surface area contributed by atoms with Gasteiger partial charge in [-0.25, -0.2) is 0 Å². The Morgan fingerprint density at radius 3 is 2.61 bits per heavy atom. The van der Waals surface area contributed by atoms with Crippen LogP contribution in [0.25, 0.3) is 0 Å². The van der Waals surface area contributed by atoms with E-state index in [2.05, 4.69) is 32.2 Å². The molecule has 0 fully saturated rings. The Bertz CT molecular complexity index is 364.